The minimum atomic E-state index is -5.81. The van der Waals surface area contributed by atoms with E-state index in [0.29, 0.717) is 38.5 Å². The Hall–Kier alpha value is -3.05. The van der Waals surface area contributed by atoms with Gasteiger partial charge in [0, 0.05) is 25.7 Å². The quantitative estimate of drug-likeness (QED) is 0.00889. The molecule has 111 heavy (non-hydrogen) atoms. The largest absolute Gasteiger partial charge is 0.472 e. The van der Waals surface area contributed by atoms with Crippen LogP contribution in [0, 0.1) is 0 Å². The van der Waals surface area contributed by atoms with E-state index in [-0.39, 0.29) is 32.1 Å². The Labute approximate surface area is 666 Å². The Morgan fingerprint density at radius 2 is 0.676 bits per heavy atom. The summed E-state index contributed by atoms with van der Waals surface area (Å²) in [6.45, 7) is 5.52. The number of hydrogen-bond donors (Lipinski definition) is 10. The molecule has 2 saturated heterocycles. The molecule has 0 amide bonds. The minimum Gasteiger partial charge on any atom is -0.463 e. The van der Waals surface area contributed by atoms with Gasteiger partial charge in [-0.05, 0) is 77.0 Å². The number of rotatable bonds is 70. The molecule has 25 nitrogen and oxygen atoms in total. The summed E-state index contributed by atoms with van der Waals surface area (Å²) in [5.41, 5.74) is 0. The molecular weight excluding hydrogens is 1450 g/mol. The molecular formula is C85H155O25P. The molecule has 0 bridgehead atoms. The van der Waals surface area contributed by atoms with Crippen molar-refractivity contribution in [2.75, 3.05) is 26.4 Å². The maximum Gasteiger partial charge on any atom is 0.472 e. The number of phosphoric acid groups is 1. The second kappa shape index (κ2) is 65.0. The highest BCUT2D eigenvalue weighted by Gasteiger charge is 2.60. The van der Waals surface area contributed by atoms with Crippen LogP contribution >= 0.6 is 7.82 Å². The van der Waals surface area contributed by atoms with Gasteiger partial charge in [0.2, 0.25) is 0 Å². The Morgan fingerprint density at radius 1 is 0.351 bits per heavy atom. The van der Waals surface area contributed by atoms with Gasteiger partial charge in [0.1, 0.15) is 92.6 Å². The maximum atomic E-state index is 14.8. The second-order valence-corrected chi connectivity index (χ2v) is 32.8. The highest BCUT2D eigenvalue weighted by Crippen LogP contribution is 2.49. The van der Waals surface area contributed by atoms with Crippen molar-refractivity contribution < 1.29 is 122 Å². The third kappa shape index (κ3) is 46.0. The summed E-state index contributed by atoms with van der Waals surface area (Å²) in [7, 11) is -5.81. The molecule has 0 aromatic heterocycles. The van der Waals surface area contributed by atoms with E-state index in [9.17, 15) is 74.6 Å². The van der Waals surface area contributed by atoms with Gasteiger partial charge < -0.3 is 88.7 Å². The van der Waals surface area contributed by atoms with Crippen molar-refractivity contribution in [2.24, 2.45) is 0 Å². The number of carbonyl (C=O) groups is 4. The van der Waals surface area contributed by atoms with Crippen LogP contribution in [0.4, 0.5) is 0 Å². The van der Waals surface area contributed by atoms with E-state index in [1.165, 1.54) is 148 Å². The van der Waals surface area contributed by atoms with Gasteiger partial charge in [-0.2, -0.15) is 0 Å². The zero-order valence-corrected chi connectivity index (χ0v) is 69.7. The number of carbonyl (C=O) groups excluding carboxylic acids is 4. The molecule has 10 N–H and O–H groups in total. The number of phosphoric ester groups is 1. The molecule has 1 saturated carbocycles. The van der Waals surface area contributed by atoms with Crippen molar-refractivity contribution in [3.63, 3.8) is 0 Å². The molecule has 0 aromatic rings. The first-order valence-corrected chi connectivity index (χ1v) is 45.6. The van der Waals surface area contributed by atoms with Crippen molar-refractivity contribution in [3.8, 4) is 0 Å². The average Bonchev–Trinajstić information content (AvgIpc) is 0.755. The van der Waals surface area contributed by atoms with Gasteiger partial charge in [-0.1, -0.05) is 283 Å². The van der Waals surface area contributed by atoms with Crippen LogP contribution < -0.4 is 0 Å². The van der Waals surface area contributed by atoms with E-state index in [2.05, 4.69) is 52.0 Å². The standard InChI is InChI=1S/C85H155O25P/c1-5-9-13-17-21-25-29-33-37-41-45-49-53-57-68(87)101-62-65(104-70(89)59-55-51-47-43-39-35-31-27-23-19-15-11-7-3)63-103-111(99,100)110-83-81(108-84-78(97)74(93)72(91)66(61-86)105-84)77(96)76(95)80(107-71(90)60-56-52-48-44-40-36-32-28-24-20-16-12-8-4)82(83)109-85-79(98)75(94)73(92)67(106-85)64-102-69(88)58-54-50-46-42-38-34-30-26-22-18-14-10-6-2/h35-36,39-40,65-67,72-86,91-98H,5-34,37-38,41-64H2,1-4H3,(H,99,100)/b39-35-,40-36-. The number of esters is 4. The second-order valence-electron chi connectivity index (χ2n) is 31.4. The molecule has 18 atom stereocenters. The van der Waals surface area contributed by atoms with Gasteiger partial charge in [0.25, 0.3) is 0 Å². The van der Waals surface area contributed by atoms with Crippen LogP contribution in [0.2, 0.25) is 0 Å². The molecule has 26 heteroatoms. The lowest BCUT2D eigenvalue weighted by Gasteiger charge is -2.50. The van der Waals surface area contributed by atoms with E-state index in [4.69, 9.17) is 46.9 Å². The monoisotopic (exact) mass is 1610 g/mol. The Balaban J connectivity index is 1.95. The number of ether oxygens (including phenoxy) is 8. The van der Waals surface area contributed by atoms with Crippen LogP contribution in [-0.2, 0) is 70.7 Å². The van der Waals surface area contributed by atoms with E-state index in [1.54, 1.807) is 0 Å². The van der Waals surface area contributed by atoms with Crippen molar-refractivity contribution in [1.29, 1.82) is 0 Å². The Kier molecular flexibility index (Phi) is 59.8. The summed E-state index contributed by atoms with van der Waals surface area (Å²) in [5.74, 6) is -3.00. The summed E-state index contributed by atoms with van der Waals surface area (Å²) < 4.78 is 73.1. The molecule has 650 valence electrons. The van der Waals surface area contributed by atoms with Crippen LogP contribution in [0.5, 0.6) is 0 Å². The van der Waals surface area contributed by atoms with Crippen molar-refractivity contribution in [1.82, 2.24) is 0 Å². The zero-order valence-electron chi connectivity index (χ0n) is 68.8. The highest BCUT2D eigenvalue weighted by molar-refractivity contribution is 7.47. The molecule has 2 heterocycles. The number of hydrogen-bond acceptors (Lipinski definition) is 24. The number of unbranched alkanes of at least 4 members (excludes halogenated alkanes) is 42. The average molecular weight is 1610 g/mol. The van der Waals surface area contributed by atoms with Gasteiger partial charge in [-0.25, -0.2) is 4.57 Å². The number of allylic oxidation sites excluding steroid dienone is 4. The number of aliphatic hydroxyl groups is 9. The molecule has 3 fully saturated rings. The summed E-state index contributed by atoms with van der Waals surface area (Å²) >= 11 is 0. The van der Waals surface area contributed by atoms with Crippen LogP contribution in [0.25, 0.3) is 0 Å². The van der Waals surface area contributed by atoms with E-state index < -0.39 is 162 Å². The van der Waals surface area contributed by atoms with Gasteiger partial charge in [0.15, 0.2) is 24.8 Å². The Morgan fingerprint density at radius 3 is 1.08 bits per heavy atom. The minimum absolute atomic E-state index is 0.0149. The predicted octanol–water partition coefficient (Wildman–Crippen LogP) is 15.0. The van der Waals surface area contributed by atoms with Crippen LogP contribution in [-0.4, -0.2) is 205 Å². The van der Waals surface area contributed by atoms with Crippen LogP contribution in [0.1, 0.15) is 362 Å². The van der Waals surface area contributed by atoms with Crippen LogP contribution in [0.3, 0.4) is 0 Å². The lowest BCUT2D eigenvalue weighted by atomic mass is 9.84. The van der Waals surface area contributed by atoms with Gasteiger partial charge >= 0.3 is 31.7 Å². The molecule has 1 aliphatic carbocycles. The molecule has 3 aliphatic rings. The van der Waals surface area contributed by atoms with E-state index in [1.807, 2.05) is 0 Å². The fraction of sp³-hybridized carbons (Fsp3) is 0.906. The maximum absolute atomic E-state index is 14.8. The molecule has 3 rings (SSSR count). The molecule has 2 aliphatic heterocycles. The molecule has 0 spiro atoms. The summed E-state index contributed by atoms with van der Waals surface area (Å²) in [5, 5.41) is 102. The smallest absolute Gasteiger partial charge is 0.463 e. The normalized spacial score (nSPS) is 25.8. The van der Waals surface area contributed by atoms with Gasteiger partial charge in [-0.15, -0.1) is 0 Å². The SMILES string of the molecule is CCCCCCCC/C=C\CCCCCC(=O)OC(COC(=O)CCCCCCCCCCCCCCC)COP(=O)(O)OC1C(OC2OC(CO)C(O)C(O)C2O)C(O)C(O)C(OC(=O)CCCCC/C=C\CCCCCCCC)C1OC1OC(COC(=O)CCCCCCCCCCCCCCC)C(O)C(O)C1O. The van der Waals surface area contributed by atoms with Crippen molar-refractivity contribution >= 4 is 31.7 Å². The zero-order chi connectivity index (χ0) is 81.1. The van der Waals surface area contributed by atoms with E-state index >= 15 is 0 Å². The fourth-order valence-corrected chi connectivity index (χ4v) is 15.3. The third-order valence-corrected chi connectivity index (χ3v) is 22.4. The predicted molar refractivity (Wildman–Crippen MR) is 426 cm³/mol. The summed E-state index contributed by atoms with van der Waals surface area (Å²) in [4.78, 5) is 66.2. The first-order valence-electron chi connectivity index (χ1n) is 44.1. The summed E-state index contributed by atoms with van der Waals surface area (Å²) in [6.07, 6.45) is 22.2. The van der Waals surface area contributed by atoms with E-state index in [0.717, 1.165) is 116 Å². The number of aliphatic hydroxyl groups excluding tert-OH is 9. The first-order chi connectivity index (χ1) is 53.7. The van der Waals surface area contributed by atoms with Gasteiger partial charge in [-0.3, -0.25) is 28.2 Å². The summed E-state index contributed by atoms with van der Waals surface area (Å²) in [6, 6.07) is 0. The lowest BCUT2D eigenvalue weighted by Crippen LogP contribution is -2.70. The first kappa shape index (κ1) is 102. The molecule has 0 aromatic carbocycles. The van der Waals surface area contributed by atoms with Crippen LogP contribution in [0.15, 0.2) is 24.3 Å². The fourth-order valence-electron chi connectivity index (χ4n) is 14.4. The molecule has 18 unspecified atom stereocenters. The van der Waals surface area contributed by atoms with Crippen molar-refractivity contribution in [3.05, 3.63) is 24.3 Å². The molecule has 0 radical (unpaired) electrons. The topological polar surface area (TPSA) is 380 Å². The third-order valence-electron chi connectivity index (χ3n) is 21.4. The lowest BCUT2D eigenvalue weighted by molar-refractivity contribution is -0.360. The Bertz CT molecular complexity index is 2420. The van der Waals surface area contributed by atoms with Gasteiger partial charge in [0.05, 0.1) is 13.2 Å². The highest BCUT2D eigenvalue weighted by atomic mass is 31.2. The van der Waals surface area contributed by atoms with Crippen molar-refractivity contribution in [2.45, 2.75) is 466 Å².